The van der Waals surface area contributed by atoms with Crippen LogP contribution in [0.3, 0.4) is 0 Å². The van der Waals surface area contributed by atoms with Crippen molar-refractivity contribution < 1.29 is 0 Å². The predicted octanol–water partition coefficient (Wildman–Crippen LogP) is 1.67. The lowest BCUT2D eigenvalue weighted by atomic mass is 10.2. The number of rotatable bonds is 3. The van der Waals surface area contributed by atoms with E-state index in [0.29, 0.717) is 5.92 Å². The molecule has 1 aliphatic heterocycles. The molecule has 8 heteroatoms. The van der Waals surface area contributed by atoms with E-state index in [9.17, 15) is 0 Å². The summed E-state index contributed by atoms with van der Waals surface area (Å²) in [5.41, 5.74) is 2.03. The first-order chi connectivity index (χ1) is 12.7. The second-order valence-corrected chi connectivity index (χ2v) is 7.16. The van der Waals surface area contributed by atoms with Gasteiger partial charge in [-0.3, -0.25) is 4.68 Å². The summed E-state index contributed by atoms with van der Waals surface area (Å²) < 4.78 is 1.81. The smallest absolute Gasteiger partial charge is 0.163 e. The summed E-state index contributed by atoms with van der Waals surface area (Å²) in [7, 11) is 1.92. The van der Waals surface area contributed by atoms with Crippen molar-refractivity contribution in [3.05, 3.63) is 29.8 Å². The van der Waals surface area contributed by atoms with E-state index >= 15 is 0 Å². The highest BCUT2D eigenvalue weighted by Crippen LogP contribution is 2.38. The number of nitrogens with zero attached hydrogens (tertiary/aromatic N) is 8. The van der Waals surface area contributed by atoms with Crippen molar-refractivity contribution in [2.24, 2.45) is 7.05 Å². The molecule has 26 heavy (non-hydrogen) atoms. The van der Waals surface area contributed by atoms with Crippen molar-refractivity contribution in [2.75, 3.05) is 36.0 Å². The molecule has 0 radical (unpaired) electrons. The maximum absolute atomic E-state index is 4.69. The molecule has 2 aliphatic rings. The van der Waals surface area contributed by atoms with E-state index in [4.69, 9.17) is 0 Å². The minimum atomic E-state index is 0.649. The van der Waals surface area contributed by atoms with Crippen molar-refractivity contribution >= 4 is 22.7 Å². The molecule has 8 nitrogen and oxygen atoms in total. The minimum Gasteiger partial charge on any atom is -0.352 e. The van der Waals surface area contributed by atoms with E-state index in [1.807, 2.05) is 20.2 Å². The van der Waals surface area contributed by atoms with Crippen molar-refractivity contribution in [3.63, 3.8) is 0 Å². The summed E-state index contributed by atoms with van der Waals surface area (Å²) in [5, 5.41) is 14.2. The Labute approximate surface area is 151 Å². The van der Waals surface area contributed by atoms with Gasteiger partial charge in [0.1, 0.15) is 11.6 Å². The van der Waals surface area contributed by atoms with Crippen LogP contribution in [0.15, 0.2) is 18.3 Å². The molecule has 1 aliphatic carbocycles. The minimum absolute atomic E-state index is 0.649. The molecular formula is C18H22N8. The number of aryl methyl sites for hydroxylation is 2. The van der Waals surface area contributed by atoms with Crippen LogP contribution in [0.4, 0.5) is 11.6 Å². The van der Waals surface area contributed by atoms with E-state index in [1.54, 1.807) is 4.68 Å². The number of fused-ring (bicyclic) bond motifs is 1. The lowest BCUT2D eigenvalue weighted by Crippen LogP contribution is -2.47. The maximum Gasteiger partial charge on any atom is 0.163 e. The number of hydrogen-bond acceptors (Lipinski definition) is 7. The SMILES string of the molecule is Cc1nc(N2CCN(c3ccc(C4CC4)nn3)CC2)c2cnn(C)c2n1. The summed E-state index contributed by atoms with van der Waals surface area (Å²) >= 11 is 0. The second kappa shape index (κ2) is 5.89. The average molecular weight is 350 g/mol. The third-order valence-corrected chi connectivity index (χ3v) is 5.25. The molecule has 2 fully saturated rings. The van der Waals surface area contributed by atoms with Crippen molar-refractivity contribution in [1.29, 1.82) is 0 Å². The highest BCUT2D eigenvalue weighted by Gasteiger charge is 2.26. The first-order valence-electron chi connectivity index (χ1n) is 9.19. The van der Waals surface area contributed by atoms with Crippen molar-refractivity contribution in [1.82, 2.24) is 29.9 Å². The quantitative estimate of drug-likeness (QED) is 0.711. The zero-order valence-corrected chi connectivity index (χ0v) is 15.1. The highest BCUT2D eigenvalue weighted by atomic mass is 15.3. The molecule has 0 spiro atoms. The van der Waals surface area contributed by atoms with Gasteiger partial charge < -0.3 is 9.80 Å². The lowest BCUT2D eigenvalue weighted by Gasteiger charge is -2.36. The van der Waals surface area contributed by atoms with Gasteiger partial charge in [-0.2, -0.15) is 10.2 Å². The van der Waals surface area contributed by atoms with Gasteiger partial charge in [0, 0.05) is 39.1 Å². The van der Waals surface area contributed by atoms with Gasteiger partial charge in [-0.05, 0) is 31.9 Å². The maximum atomic E-state index is 4.69. The zero-order valence-electron chi connectivity index (χ0n) is 15.1. The van der Waals surface area contributed by atoms with Gasteiger partial charge in [0.05, 0.1) is 17.3 Å². The molecule has 0 unspecified atom stereocenters. The molecule has 1 saturated carbocycles. The van der Waals surface area contributed by atoms with Crippen LogP contribution in [0, 0.1) is 6.92 Å². The lowest BCUT2D eigenvalue weighted by molar-refractivity contribution is 0.637. The molecule has 0 N–H and O–H groups in total. The Morgan fingerprint density at radius 3 is 2.42 bits per heavy atom. The molecule has 0 bridgehead atoms. The molecule has 0 amide bonds. The van der Waals surface area contributed by atoms with Crippen LogP contribution in [0.2, 0.25) is 0 Å². The third kappa shape index (κ3) is 2.65. The molecule has 134 valence electrons. The fourth-order valence-corrected chi connectivity index (χ4v) is 3.60. The Bertz CT molecular complexity index is 936. The molecule has 1 saturated heterocycles. The number of piperazine rings is 1. The van der Waals surface area contributed by atoms with Crippen LogP contribution >= 0.6 is 0 Å². The monoisotopic (exact) mass is 350 g/mol. The van der Waals surface area contributed by atoms with E-state index in [-0.39, 0.29) is 0 Å². The fraction of sp³-hybridized carbons (Fsp3) is 0.500. The molecule has 5 rings (SSSR count). The summed E-state index contributed by atoms with van der Waals surface area (Å²) in [6.07, 6.45) is 4.38. The van der Waals surface area contributed by atoms with Gasteiger partial charge in [0.2, 0.25) is 0 Å². The first-order valence-corrected chi connectivity index (χ1v) is 9.19. The van der Waals surface area contributed by atoms with Gasteiger partial charge in [0.25, 0.3) is 0 Å². The second-order valence-electron chi connectivity index (χ2n) is 7.16. The standard InChI is InChI=1S/C18H22N8/c1-12-20-17-14(11-19-24(17)2)18(21-12)26-9-7-25(8-10-26)16-6-5-15(22-23-16)13-3-4-13/h5-6,11,13H,3-4,7-10H2,1-2H3. The molecule has 0 atom stereocenters. The van der Waals surface area contributed by atoms with E-state index in [2.05, 4.69) is 47.2 Å². The number of aromatic nitrogens is 6. The van der Waals surface area contributed by atoms with Gasteiger partial charge in [-0.1, -0.05) is 0 Å². The van der Waals surface area contributed by atoms with E-state index in [1.165, 1.54) is 12.8 Å². The predicted molar refractivity (Wildman–Crippen MR) is 99.5 cm³/mol. The van der Waals surface area contributed by atoms with Crippen LogP contribution in [0.5, 0.6) is 0 Å². The normalized spacial score (nSPS) is 17.9. The third-order valence-electron chi connectivity index (χ3n) is 5.25. The van der Waals surface area contributed by atoms with Crippen LogP contribution in [0.25, 0.3) is 11.0 Å². The highest BCUT2D eigenvalue weighted by molar-refractivity contribution is 5.87. The Kier molecular flexibility index (Phi) is 3.51. The summed E-state index contributed by atoms with van der Waals surface area (Å²) in [4.78, 5) is 13.8. The Morgan fingerprint density at radius 1 is 0.962 bits per heavy atom. The first kappa shape index (κ1) is 15.5. The van der Waals surface area contributed by atoms with Gasteiger partial charge in [0.15, 0.2) is 11.5 Å². The Hall–Kier alpha value is -2.77. The largest absolute Gasteiger partial charge is 0.352 e. The van der Waals surface area contributed by atoms with Crippen LogP contribution < -0.4 is 9.80 Å². The van der Waals surface area contributed by atoms with Crippen LogP contribution in [-0.4, -0.2) is 56.1 Å². The average Bonchev–Trinajstić information content (AvgIpc) is 3.46. The van der Waals surface area contributed by atoms with Gasteiger partial charge in [-0.25, -0.2) is 9.97 Å². The summed E-state index contributed by atoms with van der Waals surface area (Å²) in [6.45, 7) is 5.53. The summed E-state index contributed by atoms with van der Waals surface area (Å²) in [5.74, 6) is 3.38. The van der Waals surface area contributed by atoms with Gasteiger partial charge >= 0.3 is 0 Å². The van der Waals surface area contributed by atoms with Crippen molar-refractivity contribution in [2.45, 2.75) is 25.7 Å². The Morgan fingerprint density at radius 2 is 1.73 bits per heavy atom. The van der Waals surface area contributed by atoms with E-state index < -0.39 is 0 Å². The molecule has 3 aromatic heterocycles. The molecule has 4 heterocycles. The number of hydrogen-bond donors (Lipinski definition) is 0. The Balaban J connectivity index is 1.34. The molecule has 3 aromatic rings. The van der Waals surface area contributed by atoms with Crippen LogP contribution in [0.1, 0.15) is 30.3 Å². The van der Waals surface area contributed by atoms with Crippen molar-refractivity contribution in [3.8, 4) is 0 Å². The number of anilines is 2. The molecular weight excluding hydrogens is 328 g/mol. The van der Waals surface area contributed by atoms with Crippen LogP contribution in [-0.2, 0) is 7.05 Å². The zero-order chi connectivity index (χ0) is 17.7. The molecule has 0 aromatic carbocycles. The topological polar surface area (TPSA) is 75.9 Å². The summed E-state index contributed by atoms with van der Waals surface area (Å²) in [6, 6.07) is 4.25. The van der Waals surface area contributed by atoms with Gasteiger partial charge in [-0.15, -0.1) is 5.10 Å². The van der Waals surface area contributed by atoms with E-state index in [0.717, 1.165) is 60.4 Å². The fourth-order valence-electron chi connectivity index (χ4n) is 3.60.